The molecule has 2 N–H and O–H groups in total. The second-order valence-corrected chi connectivity index (χ2v) is 23.5. The molecule has 3 aliphatic heterocycles. The predicted molar refractivity (Wildman–Crippen MR) is 301 cm³/mol. The molecule has 0 bridgehead atoms. The zero-order valence-electron chi connectivity index (χ0n) is 44.7. The number of piperidine rings is 1. The molecule has 3 amide bonds. The number of para-hydroxylation sites is 1. The molecule has 4 aromatic carbocycles. The summed E-state index contributed by atoms with van der Waals surface area (Å²) in [6.45, 7) is 15.8. The minimum atomic E-state index is -0.734. The Kier molecular flexibility index (Phi) is 14.9. The molecule has 0 spiro atoms. The van der Waals surface area contributed by atoms with E-state index in [1.54, 1.807) is 0 Å². The van der Waals surface area contributed by atoms with E-state index in [1.807, 2.05) is 106 Å². The van der Waals surface area contributed by atoms with Crippen molar-refractivity contribution in [3.05, 3.63) is 125 Å². The van der Waals surface area contributed by atoms with E-state index in [-0.39, 0.29) is 35.4 Å². The van der Waals surface area contributed by atoms with Gasteiger partial charge in [0.05, 0.1) is 22.2 Å². The van der Waals surface area contributed by atoms with Crippen LogP contribution in [0.4, 0.5) is 17.0 Å². The Labute approximate surface area is 453 Å². The monoisotopic (exact) mass is 1060 g/mol. The number of hydrogen-bond donors (Lipinski definition) is 2. The van der Waals surface area contributed by atoms with Gasteiger partial charge in [-0.1, -0.05) is 67.1 Å². The summed E-state index contributed by atoms with van der Waals surface area (Å²) in [4.78, 5) is 73.5. The fourth-order valence-electron chi connectivity index (χ4n) is 11.6. The number of fused-ring (bicyclic) bond motifs is 3. The van der Waals surface area contributed by atoms with Gasteiger partial charge >= 0.3 is 5.97 Å². The molecule has 1 saturated carbocycles. The van der Waals surface area contributed by atoms with E-state index in [4.69, 9.17) is 23.9 Å². The van der Waals surface area contributed by atoms with Gasteiger partial charge in [0, 0.05) is 63.4 Å². The SMILES string of the molecule is Cc1c(OC2CCC(CC[C@H](C)CN3CCN(c4nc5ccc(C6CCC(=O)NC6=O)cc5o4)CC3)CC2)cccc1-c1ccc(N2CCc3cccc(C(=O)Nc4nc5ccccc5s4)c3C2)nc1C(=O)OC(C)(C)C. The fourth-order valence-corrected chi connectivity index (χ4v) is 12.5. The van der Waals surface area contributed by atoms with Crippen LogP contribution in [-0.2, 0) is 27.3 Å². The molecule has 77 heavy (non-hydrogen) atoms. The van der Waals surface area contributed by atoms with Crippen molar-refractivity contribution in [2.45, 2.75) is 117 Å². The maximum absolute atomic E-state index is 14.1. The summed E-state index contributed by atoms with van der Waals surface area (Å²) < 4.78 is 20.0. The number of oxazole rings is 1. The molecule has 1 aliphatic carbocycles. The second-order valence-electron chi connectivity index (χ2n) is 22.5. The first-order valence-electron chi connectivity index (χ1n) is 27.4. The smallest absolute Gasteiger partial charge is 0.358 e. The predicted octanol–water partition coefficient (Wildman–Crippen LogP) is 11.3. The summed E-state index contributed by atoms with van der Waals surface area (Å²) in [6, 6.07) is 30.1. The van der Waals surface area contributed by atoms with E-state index < -0.39 is 11.6 Å². The van der Waals surface area contributed by atoms with Gasteiger partial charge in [-0.05, 0) is 161 Å². The third-order valence-electron chi connectivity index (χ3n) is 15.8. The van der Waals surface area contributed by atoms with Crippen LogP contribution in [0, 0.1) is 18.8 Å². The molecule has 4 aliphatic rings. The Morgan fingerprint density at radius 1 is 0.831 bits per heavy atom. The van der Waals surface area contributed by atoms with Crippen molar-refractivity contribution in [3.8, 4) is 16.9 Å². The number of pyridine rings is 1. The Balaban J connectivity index is 0.683. The second kappa shape index (κ2) is 22.1. The highest BCUT2D eigenvalue weighted by Crippen LogP contribution is 2.39. The molecule has 3 aromatic heterocycles. The summed E-state index contributed by atoms with van der Waals surface area (Å²) in [5.41, 5.74) is 7.79. The summed E-state index contributed by atoms with van der Waals surface area (Å²) in [7, 11) is 0. The van der Waals surface area contributed by atoms with Crippen LogP contribution in [0.2, 0.25) is 0 Å². The summed E-state index contributed by atoms with van der Waals surface area (Å²) >= 11 is 1.45. The third-order valence-corrected chi connectivity index (χ3v) is 16.8. The molecule has 6 heterocycles. The average molecular weight is 1060 g/mol. The molecular weight excluding hydrogens is 989 g/mol. The highest BCUT2D eigenvalue weighted by atomic mass is 32.1. The highest BCUT2D eigenvalue weighted by Gasteiger charge is 2.32. The van der Waals surface area contributed by atoms with E-state index in [0.717, 1.165) is 108 Å². The number of thiazole rings is 1. The van der Waals surface area contributed by atoms with Crippen molar-refractivity contribution in [1.29, 1.82) is 0 Å². The van der Waals surface area contributed by atoms with Gasteiger partial charge in [0.1, 0.15) is 22.7 Å². The Morgan fingerprint density at radius 3 is 2.43 bits per heavy atom. The summed E-state index contributed by atoms with van der Waals surface area (Å²) in [5, 5.41) is 6.05. The van der Waals surface area contributed by atoms with Gasteiger partial charge in [-0.15, -0.1) is 0 Å². The van der Waals surface area contributed by atoms with E-state index in [2.05, 4.69) is 50.2 Å². The number of amides is 3. The maximum Gasteiger partial charge on any atom is 0.358 e. The van der Waals surface area contributed by atoms with Gasteiger partial charge in [0.2, 0.25) is 11.8 Å². The van der Waals surface area contributed by atoms with Gasteiger partial charge in [-0.2, -0.15) is 4.98 Å². The topological polar surface area (TPSA) is 172 Å². The van der Waals surface area contributed by atoms with Gasteiger partial charge in [-0.25, -0.2) is 14.8 Å². The van der Waals surface area contributed by atoms with Crippen molar-refractivity contribution < 1.29 is 33.1 Å². The van der Waals surface area contributed by atoms with Crippen LogP contribution in [0.3, 0.4) is 0 Å². The van der Waals surface area contributed by atoms with Gasteiger partial charge in [-0.3, -0.25) is 29.9 Å². The van der Waals surface area contributed by atoms with Crippen LogP contribution < -0.4 is 25.2 Å². The average Bonchev–Trinajstić information content (AvgIpc) is 4.05. The van der Waals surface area contributed by atoms with E-state index >= 15 is 0 Å². The zero-order chi connectivity index (χ0) is 53.4. The van der Waals surface area contributed by atoms with Crippen molar-refractivity contribution in [2.75, 3.05) is 54.4 Å². The van der Waals surface area contributed by atoms with Crippen molar-refractivity contribution in [1.82, 2.24) is 25.2 Å². The van der Waals surface area contributed by atoms with Crippen LogP contribution in [0.1, 0.15) is 128 Å². The van der Waals surface area contributed by atoms with Crippen molar-refractivity contribution >= 4 is 73.3 Å². The van der Waals surface area contributed by atoms with Crippen LogP contribution in [0.5, 0.6) is 5.75 Å². The van der Waals surface area contributed by atoms with E-state index in [1.165, 1.54) is 24.2 Å². The number of anilines is 3. The lowest BCUT2D eigenvalue weighted by atomic mass is 9.83. The van der Waals surface area contributed by atoms with Crippen molar-refractivity contribution in [3.63, 3.8) is 0 Å². The standard InChI is InChI=1S/C61H68N8O7S/c1-37(35-67-30-32-68(33-31-67)60-63-48-25-20-41(34-51(48)75-60)44-24-27-54(70)65-56(44)71)16-17-39-18-21-42(22-19-39)74-50-14-9-11-43(38(50)2)45-23-26-53(64-55(45)58(73)76-61(3,4)5)69-29-28-40-10-8-12-46(47(40)36-69)57(72)66-59-62-49-13-6-7-15-52(49)77-59/h6-15,20,23,25-26,34,37,39,42,44H,16-19,21-22,24,27-33,35-36H2,1-5H3,(H,62,66,72)(H,65,70,71)/t37-,39?,42?,44?/m0/s1. The molecule has 400 valence electrons. The number of esters is 1. The number of hydrogen-bond acceptors (Lipinski definition) is 14. The molecule has 15 nitrogen and oxygen atoms in total. The van der Waals surface area contributed by atoms with Crippen LogP contribution in [0.25, 0.3) is 32.4 Å². The van der Waals surface area contributed by atoms with Gasteiger partial charge in [0.15, 0.2) is 16.4 Å². The summed E-state index contributed by atoms with van der Waals surface area (Å²) in [5.74, 6) is 1.20. The highest BCUT2D eigenvalue weighted by molar-refractivity contribution is 7.22. The number of rotatable bonds is 14. The number of ether oxygens (including phenoxy) is 2. The molecule has 16 heteroatoms. The molecule has 0 radical (unpaired) electrons. The molecule has 1 unspecified atom stereocenters. The quantitative estimate of drug-likeness (QED) is 0.0779. The zero-order valence-corrected chi connectivity index (χ0v) is 45.5. The molecule has 11 rings (SSSR count). The summed E-state index contributed by atoms with van der Waals surface area (Å²) in [6.07, 6.45) is 8.36. The van der Waals surface area contributed by atoms with Crippen LogP contribution in [-0.4, -0.2) is 94.5 Å². The van der Waals surface area contributed by atoms with Gasteiger partial charge < -0.3 is 23.7 Å². The fraction of sp³-hybridized carbons (Fsp3) is 0.426. The number of piperazine rings is 1. The Morgan fingerprint density at radius 2 is 1.64 bits per heavy atom. The lowest BCUT2D eigenvalue weighted by Gasteiger charge is -2.35. The molecule has 2 saturated heterocycles. The largest absolute Gasteiger partial charge is 0.490 e. The Bertz CT molecular complexity index is 3310. The molecule has 7 aromatic rings. The number of aromatic nitrogens is 3. The first kappa shape index (κ1) is 51.9. The minimum Gasteiger partial charge on any atom is -0.490 e. The number of carbonyl (C=O) groups is 4. The van der Waals surface area contributed by atoms with E-state index in [0.29, 0.717) is 77.9 Å². The lowest BCUT2D eigenvalue weighted by Crippen LogP contribution is -2.47. The molecule has 2 atom stereocenters. The van der Waals surface area contributed by atoms with Crippen LogP contribution >= 0.6 is 11.3 Å². The number of nitrogens with one attached hydrogen (secondary N) is 2. The van der Waals surface area contributed by atoms with Gasteiger partial charge in [0.25, 0.3) is 11.9 Å². The van der Waals surface area contributed by atoms with Crippen molar-refractivity contribution in [2.24, 2.45) is 11.8 Å². The maximum atomic E-state index is 14.1. The van der Waals surface area contributed by atoms with Crippen LogP contribution in [0.15, 0.2) is 95.4 Å². The first-order valence-corrected chi connectivity index (χ1v) is 28.2. The van der Waals surface area contributed by atoms with E-state index in [9.17, 15) is 19.2 Å². The normalized spacial score (nSPS) is 19.7. The molecular formula is C61H68N8O7S. The third kappa shape index (κ3) is 11.7. The molecule has 3 fully saturated rings. The number of imide groups is 1. The number of carbonyl (C=O) groups excluding carboxylic acids is 4. The minimum absolute atomic E-state index is 0.114. The first-order chi connectivity index (χ1) is 37.2. The number of benzene rings is 4. The number of nitrogens with zero attached hydrogens (tertiary/aromatic N) is 6. The lowest BCUT2D eigenvalue weighted by molar-refractivity contribution is -0.134. The Hall–Kier alpha value is -7.17.